The van der Waals surface area contributed by atoms with Crippen LogP contribution in [0.3, 0.4) is 0 Å². The van der Waals surface area contributed by atoms with E-state index in [1.807, 2.05) is 24.3 Å². The topological polar surface area (TPSA) is 273 Å². The Morgan fingerprint density at radius 2 is 0.676 bits per heavy atom. The molecule has 0 saturated carbocycles. The molecule has 0 unspecified atom stereocenters. The van der Waals surface area contributed by atoms with E-state index < -0.39 is 51.8 Å². The third kappa shape index (κ3) is 18.7. The Kier molecular flexibility index (Phi) is 21.5. The molecule has 4 fully saturated rings. The van der Waals surface area contributed by atoms with E-state index in [2.05, 4.69) is 29.0 Å². The zero-order valence-corrected chi connectivity index (χ0v) is 45.5. The van der Waals surface area contributed by atoms with Crippen LogP contribution in [0.25, 0.3) is 0 Å². The van der Waals surface area contributed by atoms with Gasteiger partial charge in [-0.15, -0.1) is 0 Å². The molecule has 410 valence electrons. The minimum Gasteiger partial charge on any atom is -0.507 e. The van der Waals surface area contributed by atoms with Crippen molar-refractivity contribution in [2.45, 2.75) is 100 Å². The monoisotopic (exact) mass is 1110 g/mol. The second kappa shape index (κ2) is 27.0. The Bertz CT molecular complexity index is 2630. The lowest BCUT2D eigenvalue weighted by Crippen LogP contribution is -2.24. The number of benzene rings is 4. The fourth-order valence-corrected chi connectivity index (χ4v) is 13.0. The first-order valence-corrected chi connectivity index (χ1v) is 31.0. The summed E-state index contributed by atoms with van der Waals surface area (Å²) in [7, 11) is -12.8. The van der Waals surface area contributed by atoms with Gasteiger partial charge in [0.15, 0.2) is 0 Å². The molecule has 0 atom stereocenters. The normalized spacial score (nSPS) is 17.2. The van der Waals surface area contributed by atoms with E-state index in [4.69, 9.17) is 18.6 Å². The van der Waals surface area contributed by atoms with Gasteiger partial charge in [-0.2, -0.15) is 16.8 Å². The summed E-state index contributed by atoms with van der Waals surface area (Å²) in [6, 6.07) is 20.5. The molecule has 4 aliphatic rings. The molecule has 4 heterocycles. The lowest BCUT2D eigenvalue weighted by atomic mass is 10.0. The maximum Gasteiger partial charge on any atom is 0.265 e. The van der Waals surface area contributed by atoms with Crippen LogP contribution >= 0.6 is 0 Å². The number of nitrogens with one attached hydrogen (secondary N) is 2. The Hall–Kier alpha value is -4.44. The Morgan fingerprint density at radius 3 is 0.892 bits per heavy atom. The summed E-state index contributed by atoms with van der Waals surface area (Å²) in [4.78, 5) is 9.79. The Morgan fingerprint density at radius 1 is 0.432 bits per heavy atom. The molecular formula is C50H72N6O14S4. The lowest BCUT2D eigenvalue weighted by molar-refractivity contribution is 0.312. The average Bonchev–Trinajstić information content (AvgIpc) is 4.24. The second-order valence-electron chi connectivity index (χ2n) is 19.0. The zero-order valence-electron chi connectivity index (χ0n) is 42.2. The maximum absolute atomic E-state index is 12.8. The molecule has 0 aromatic heterocycles. The molecule has 4 aromatic carbocycles. The van der Waals surface area contributed by atoms with Gasteiger partial charge in [0.05, 0.1) is 35.5 Å². The number of phenolic OH excluding ortho intramolecular Hbond substituents is 2. The molecule has 4 saturated heterocycles. The van der Waals surface area contributed by atoms with Gasteiger partial charge in [0.2, 0.25) is 20.0 Å². The molecule has 4 aromatic rings. The summed E-state index contributed by atoms with van der Waals surface area (Å²) in [5.74, 6) is -0.0326. The van der Waals surface area contributed by atoms with Gasteiger partial charge in [0.1, 0.15) is 23.0 Å². The van der Waals surface area contributed by atoms with Gasteiger partial charge in [-0.25, -0.2) is 26.3 Å². The second-order valence-corrected chi connectivity index (χ2v) is 25.7. The highest BCUT2D eigenvalue weighted by Gasteiger charge is 2.23. The van der Waals surface area contributed by atoms with E-state index in [0.29, 0.717) is 49.2 Å². The van der Waals surface area contributed by atoms with Gasteiger partial charge in [-0.05, 0) is 188 Å². The molecule has 0 aliphatic carbocycles. The van der Waals surface area contributed by atoms with E-state index >= 15 is 0 Å². The number of sulfonamides is 2. The van der Waals surface area contributed by atoms with Crippen molar-refractivity contribution in [3.05, 3.63) is 106 Å². The third-order valence-electron chi connectivity index (χ3n) is 13.3. The first-order chi connectivity index (χ1) is 35.1. The van der Waals surface area contributed by atoms with Gasteiger partial charge in [-0.1, -0.05) is 0 Å². The summed E-state index contributed by atoms with van der Waals surface area (Å²) in [5, 5.41) is 22.0. The summed E-state index contributed by atoms with van der Waals surface area (Å²) < 4.78 is 122. The molecular weight excluding hydrogens is 1040 g/mol. The van der Waals surface area contributed by atoms with Crippen LogP contribution < -0.4 is 18.9 Å². The van der Waals surface area contributed by atoms with E-state index in [1.54, 1.807) is 38.5 Å². The highest BCUT2D eigenvalue weighted by atomic mass is 32.2. The van der Waals surface area contributed by atoms with Crippen molar-refractivity contribution >= 4 is 40.3 Å². The molecule has 8 rings (SSSR count). The average molecular weight is 1110 g/mol. The van der Waals surface area contributed by atoms with Crippen molar-refractivity contribution in [1.29, 1.82) is 0 Å². The molecule has 0 amide bonds. The zero-order chi connectivity index (χ0) is 53.5. The van der Waals surface area contributed by atoms with Gasteiger partial charge in [0, 0.05) is 61.5 Å². The number of ether oxygens (including phenoxy) is 2. The van der Waals surface area contributed by atoms with Gasteiger partial charge < -0.3 is 19.7 Å². The summed E-state index contributed by atoms with van der Waals surface area (Å²) in [5.41, 5.74) is 5.24. The van der Waals surface area contributed by atoms with Gasteiger partial charge in [0.25, 0.3) is 20.2 Å². The molecule has 0 bridgehead atoms. The van der Waals surface area contributed by atoms with E-state index in [0.717, 1.165) is 85.7 Å². The number of nitrogens with zero attached hydrogens (tertiary/aromatic N) is 4. The Labute approximate surface area is 437 Å². The van der Waals surface area contributed by atoms with Crippen molar-refractivity contribution in [1.82, 2.24) is 29.0 Å². The number of methoxy groups -OCH3 is 2. The summed E-state index contributed by atoms with van der Waals surface area (Å²) >= 11 is 0. The van der Waals surface area contributed by atoms with Crippen LogP contribution in [0.15, 0.2) is 82.6 Å². The number of phenols is 2. The largest absolute Gasteiger partial charge is 0.507 e. The minimum atomic E-state index is -4.30. The van der Waals surface area contributed by atoms with Crippen molar-refractivity contribution in [3.8, 4) is 23.0 Å². The van der Waals surface area contributed by atoms with Crippen LogP contribution in [0.2, 0.25) is 0 Å². The summed E-state index contributed by atoms with van der Waals surface area (Å²) in [6.07, 6.45) is 9.47. The highest BCUT2D eigenvalue weighted by Crippen LogP contribution is 2.32. The van der Waals surface area contributed by atoms with E-state index in [9.17, 15) is 43.9 Å². The predicted octanol–water partition coefficient (Wildman–Crippen LogP) is 4.90. The van der Waals surface area contributed by atoms with Crippen molar-refractivity contribution in [3.63, 3.8) is 0 Å². The van der Waals surface area contributed by atoms with Crippen LogP contribution in [0, 0.1) is 0 Å². The minimum absolute atomic E-state index is 0.175. The standard InChI is InChI=1S/2C24H33N3O4S.C2H6O6S2/c2*1-31-22-6-8-23(9-7-22)32(29,30)25-16-19-14-20(17-26-10-2-3-11-26)24(28)21(15-19)18-27-12-4-5-13-27;3-9(4,5)1-2-10(6,7)8/h2*6-9,14-15,25,28H,2-5,10-13,16-18H2,1H3;1-2H2,(H,3,4,5)(H,6,7,8). The predicted molar refractivity (Wildman–Crippen MR) is 281 cm³/mol. The molecule has 24 heteroatoms. The highest BCUT2D eigenvalue weighted by molar-refractivity contribution is 7.90. The van der Waals surface area contributed by atoms with Crippen molar-refractivity contribution < 1.29 is 62.5 Å². The quantitative estimate of drug-likeness (QED) is 0.0605. The lowest BCUT2D eigenvalue weighted by Gasteiger charge is -2.21. The first kappa shape index (κ1) is 58.8. The van der Waals surface area contributed by atoms with Gasteiger partial charge >= 0.3 is 0 Å². The number of aromatic hydroxyl groups is 2. The number of hydrogen-bond donors (Lipinski definition) is 6. The first-order valence-electron chi connectivity index (χ1n) is 24.8. The van der Waals surface area contributed by atoms with E-state index in [1.165, 1.54) is 75.6 Å². The molecule has 0 spiro atoms. The number of likely N-dealkylation sites (tertiary alicyclic amines) is 4. The number of rotatable bonds is 21. The Balaban J connectivity index is 0.000000204. The van der Waals surface area contributed by atoms with Crippen molar-refractivity contribution in [2.24, 2.45) is 0 Å². The van der Waals surface area contributed by atoms with Crippen LogP contribution in [0.5, 0.6) is 23.0 Å². The fraction of sp³-hybridized carbons (Fsp3) is 0.520. The SMILES string of the molecule is COc1ccc(S(=O)(=O)NCc2cc(CN3CCCC3)c(O)c(CN3CCCC3)c2)cc1.COc1ccc(S(=O)(=O)NCc2cc(CN3CCCC3)c(O)c(CN3CCCC3)c2)cc1.O=S(=O)(O)CCS(=O)(=O)O. The maximum atomic E-state index is 12.8. The fourth-order valence-electron chi connectivity index (χ4n) is 9.32. The van der Waals surface area contributed by atoms with Crippen LogP contribution in [-0.2, 0) is 79.6 Å². The van der Waals surface area contributed by atoms with Crippen LogP contribution in [0.4, 0.5) is 0 Å². The van der Waals surface area contributed by atoms with Crippen LogP contribution in [-0.4, -0.2) is 151 Å². The number of hydrogen-bond acceptors (Lipinski definition) is 16. The van der Waals surface area contributed by atoms with Crippen LogP contribution in [0.1, 0.15) is 84.7 Å². The molecule has 6 N–H and O–H groups in total. The molecule has 74 heavy (non-hydrogen) atoms. The molecule has 4 aliphatic heterocycles. The van der Waals surface area contributed by atoms with E-state index in [-0.39, 0.29) is 22.9 Å². The third-order valence-corrected chi connectivity index (χ3v) is 17.8. The summed E-state index contributed by atoms with van der Waals surface area (Å²) in [6.45, 7) is 11.4. The van der Waals surface area contributed by atoms with Crippen molar-refractivity contribution in [2.75, 3.05) is 78.1 Å². The molecule has 20 nitrogen and oxygen atoms in total. The smallest absolute Gasteiger partial charge is 0.265 e. The van der Waals surface area contributed by atoms with Gasteiger partial charge in [-0.3, -0.25) is 28.7 Å². The molecule has 0 radical (unpaired) electrons.